The predicted octanol–water partition coefficient (Wildman–Crippen LogP) is 3.38. The van der Waals surface area contributed by atoms with Crippen molar-refractivity contribution in [2.75, 3.05) is 25.3 Å². The summed E-state index contributed by atoms with van der Waals surface area (Å²) in [6.07, 6.45) is 0. The highest BCUT2D eigenvalue weighted by Gasteiger charge is 2.33. The lowest BCUT2D eigenvalue weighted by Crippen LogP contribution is -2.17. The van der Waals surface area contributed by atoms with Gasteiger partial charge in [0.2, 0.25) is 5.91 Å². The second kappa shape index (κ2) is 7.98. The van der Waals surface area contributed by atoms with Crippen LogP contribution < -0.4 is 14.8 Å². The number of benzene rings is 1. The van der Waals surface area contributed by atoms with Gasteiger partial charge in [-0.25, -0.2) is 9.97 Å². The van der Waals surface area contributed by atoms with Gasteiger partial charge < -0.3 is 14.8 Å². The monoisotopic (exact) mass is 425 g/mol. The molecule has 1 amide bonds. The molecule has 1 aromatic carbocycles. The topological polar surface area (TPSA) is 91.2 Å². The van der Waals surface area contributed by atoms with E-state index in [4.69, 9.17) is 9.47 Å². The van der Waals surface area contributed by atoms with E-state index in [2.05, 4.69) is 20.4 Å². The number of amides is 1. The summed E-state index contributed by atoms with van der Waals surface area (Å²) in [5, 5.41) is 7.51. The fourth-order valence-corrected chi connectivity index (χ4v) is 4.90. The van der Waals surface area contributed by atoms with Crippen molar-refractivity contribution in [2.45, 2.75) is 26.0 Å². The van der Waals surface area contributed by atoms with Gasteiger partial charge in [0.1, 0.15) is 5.82 Å². The van der Waals surface area contributed by atoms with Crippen LogP contribution in [0.25, 0.3) is 5.95 Å². The van der Waals surface area contributed by atoms with Gasteiger partial charge >= 0.3 is 0 Å². The third-order valence-electron chi connectivity index (χ3n) is 4.88. The lowest BCUT2D eigenvalue weighted by Gasteiger charge is -2.20. The van der Waals surface area contributed by atoms with Gasteiger partial charge in [-0.05, 0) is 32.9 Å². The van der Waals surface area contributed by atoms with Crippen LogP contribution in [0.1, 0.15) is 33.5 Å². The van der Waals surface area contributed by atoms with Crippen LogP contribution in [0.3, 0.4) is 0 Å². The number of aryl methyl sites for hydroxylation is 3. The number of hydrogen-bond donors (Lipinski definition) is 1. The van der Waals surface area contributed by atoms with Gasteiger partial charge in [0.05, 0.1) is 30.9 Å². The third kappa shape index (κ3) is 3.49. The van der Waals surface area contributed by atoms with Crippen LogP contribution in [-0.2, 0) is 4.79 Å². The van der Waals surface area contributed by atoms with Crippen molar-refractivity contribution in [1.82, 2.24) is 19.7 Å². The average molecular weight is 426 g/mol. The number of hydrogen-bond acceptors (Lipinski definition) is 7. The molecule has 8 nitrogen and oxygen atoms in total. The fourth-order valence-electron chi connectivity index (χ4n) is 3.69. The Morgan fingerprint density at radius 2 is 1.87 bits per heavy atom. The van der Waals surface area contributed by atoms with Gasteiger partial charge in [0.25, 0.3) is 5.95 Å². The Balaban J connectivity index is 1.94. The van der Waals surface area contributed by atoms with E-state index in [1.807, 2.05) is 45.0 Å². The molecule has 1 aliphatic heterocycles. The van der Waals surface area contributed by atoms with Gasteiger partial charge in [-0.1, -0.05) is 12.1 Å². The maximum Gasteiger partial charge on any atom is 0.252 e. The Morgan fingerprint density at radius 3 is 2.53 bits per heavy atom. The Morgan fingerprint density at radius 1 is 1.13 bits per heavy atom. The van der Waals surface area contributed by atoms with Crippen LogP contribution in [-0.4, -0.2) is 45.6 Å². The Hall–Kier alpha value is -3.07. The average Bonchev–Trinajstić information content (AvgIpc) is 2.92. The number of thioether (sulfide) groups is 1. The highest BCUT2D eigenvalue weighted by molar-refractivity contribution is 8.00. The summed E-state index contributed by atoms with van der Waals surface area (Å²) in [6, 6.07) is 7.66. The van der Waals surface area contributed by atoms with Crippen molar-refractivity contribution in [1.29, 1.82) is 0 Å². The molecule has 2 aromatic heterocycles. The number of anilines is 1. The number of methoxy groups -OCH3 is 2. The van der Waals surface area contributed by atoms with Crippen LogP contribution in [0.5, 0.6) is 11.5 Å². The molecule has 9 heteroatoms. The summed E-state index contributed by atoms with van der Waals surface area (Å²) in [5.41, 5.74) is 4.28. The minimum absolute atomic E-state index is 0.101. The molecule has 1 N–H and O–H groups in total. The molecular formula is C21H23N5O3S. The van der Waals surface area contributed by atoms with Gasteiger partial charge in [-0.2, -0.15) is 9.78 Å². The largest absolute Gasteiger partial charge is 0.493 e. The van der Waals surface area contributed by atoms with Crippen LogP contribution in [0.4, 0.5) is 5.82 Å². The number of carbonyl (C=O) groups is 1. The smallest absolute Gasteiger partial charge is 0.252 e. The molecule has 1 atom stereocenters. The number of aromatic nitrogens is 4. The Kier molecular flexibility index (Phi) is 5.38. The predicted molar refractivity (Wildman–Crippen MR) is 116 cm³/mol. The molecule has 3 heterocycles. The molecule has 0 aliphatic carbocycles. The molecule has 4 rings (SSSR count). The number of carbonyl (C=O) groups excluding carboxylic acids is 1. The van der Waals surface area contributed by atoms with Gasteiger partial charge in [0.15, 0.2) is 11.5 Å². The van der Waals surface area contributed by atoms with Crippen molar-refractivity contribution in [3.05, 3.63) is 52.5 Å². The van der Waals surface area contributed by atoms with Crippen LogP contribution >= 0.6 is 11.8 Å². The highest BCUT2D eigenvalue weighted by atomic mass is 32.2. The number of fused-ring (bicyclic) bond motifs is 1. The SMILES string of the molecule is COc1cccc(C2SCC(=O)Nc3c2c(C)nn3-c2nc(C)cc(C)n2)c1OC. The van der Waals surface area contributed by atoms with Crippen LogP contribution in [0.2, 0.25) is 0 Å². The second-order valence-electron chi connectivity index (χ2n) is 7.03. The highest BCUT2D eigenvalue weighted by Crippen LogP contribution is 2.48. The van der Waals surface area contributed by atoms with Gasteiger partial charge in [-0.15, -0.1) is 11.8 Å². The number of para-hydroxylation sites is 1. The maximum absolute atomic E-state index is 12.6. The van der Waals surface area contributed by atoms with E-state index in [-0.39, 0.29) is 11.2 Å². The molecule has 0 saturated carbocycles. The molecule has 0 fully saturated rings. The van der Waals surface area contributed by atoms with Crippen molar-refractivity contribution < 1.29 is 14.3 Å². The van der Waals surface area contributed by atoms with Crippen molar-refractivity contribution in [3.8, 4) is 17.4 Å². The summed E-state index contributed by atoms with van der Waals surface area (Å²) in [7, 11) is 3.23. The normalized spacial score (nSPS) is 15.9. The van der Waals surface area contributed by atoms with Crippen molar-refractivity contribution in [3.63, 3.8) is 0 Å². The molecule has 0 spiro atoms. The van der Waals surface area contributed by atoms with Crippen LogP contribution in [0, 0.1) is 20.8 Å². The molecule has 0 bridgehead atoms. The van der Waals surface area contributed by atoms with E-state index >= 15 is 0 Å². The Labute approximate surface area is 179 Å². The zero-order chi connectivity index (χ0) is 21.4. The maximum atomic E-state index is 12.6. The second-order valence-corrected chi connectivity index (χ2v) is 8.13. The van der Waals surface area contributed by atoms with Crippen LogP contribution in [0.15, 0.2) is 24.3 Å². The standard InChI is InChI=1S/C21H23N5O3S/c1-11-9-12(2)23-21(22-11)26-20-17(13(3)25-26)19(30-10-16(27)24-20)14-7-6-8-15(28-4)18(14)29-5/h6-9,19H,10H2,1-5H3,(H,24,27). The quantitative estimate of drug-likeness (QED) is 0.685. The first kappa shape index (κ1) is 20.2. The molecule has 1 unspecified atom stereocenters. The summed E-state index contributed by atoms with van der Waals surface area (Å²) in [4.78, 5) is 21.6. The number of ether oxygens (including phenoxy) is 2. The van der Waals surface area contributed by atoms with Crippen molar-refractivity contribution in [2.24, 2.45) is 0 Å². The van der Waals surface area contributed by atoms with E-state index in [9.17, 15) is 4.79 Å². The minimum Gasteiger partial charge on any atom is -0.493 e. The van der Waals surface area contributed by atoms with E-state index in [1.165, 1.54) is 11.8 Å². The van der Waals surface area contributed by atoms with Gasteiger partial charge in [0, 0.05) is 22.5 Å². The molecular weight excluding hydrogens is 402 g/mol. The van der Waals surface area contributed by atoms with E-state index in [1.54, 1.807) is 18.9 Å². The molecule has 3 aromatic rings. The zero-order valence-electron chi connectivity index (χ0n) is 17.5. The lowest BCUT2D eigenvalue weighted by molar-refractivity contribution is -0.113. The van der Waals surface area contributed by atoms with E-state index in [0.29, 0.717) is 29.0 Å². The molecule has 30 heavy (non-hydrogen) atoms. The summed E-state index contributed by atoms with van der Waals surface area (Å²) >= 11 is 1.52. The van der Waals surface area contributed by atoms with E-state index in [0.717, 1.165) is 28.2 Å². The lowest BCUT2D eigenvalue weighted by atomic mass is 10.0. The zero-order valence-corrected chi connectivity index (χ0v) is 18.3. The number of nitrogens with one attached hydrogen (secondary N) is 1. The summed E-state index contributed by atoms with van der Waals surface area (Å²) < 4.78 is 12.8. The number of nitrogens with zero attached hydrogens (tertiary/aromatic N) is 4. The van der Waals surface area contributed by atoms with Gasteiger partial charge in [-0.3, -0.25) is 4.79 Å². The van der Waals surface area contributed by atoms with E-state index < -0.39 is 0 Å². The summed E-state index contributed by atoms with van der Waals surface area (Å²) in [6.45, 7) is 5.74. The molecule has 0 radical (unpaired) electrons. The molecule has 1 aliphatic rings. The summed E-state index contributed by atoms with van der Waals surface area (Å²) in [5.74, 6) is 2.50. The first-order chi connectivity index (χ1) is 14.4. The first-order valence-corrected chi connectivity index (χ1v) is 10.5. The third-order valence-corrected chi connectivity index (χ3v) is 6.14. The first-order valence-electron chi connectivity index (χ1n) is 9.47. The fraction of sp³-hybridized carbons (Fsp3) is 0.333. The Bertz CT molecular complexity index is 1110. The van der Waals surface area contributed by atoms with Crippen molar-refractivity contribution >= 4 is 23.5 Å². The minimum atomic E-state index is -0.177. The number of rotatable bonds is 4. The molecule has 156 valence electrons. The molecule has 0 saturated heterocycles.